The Bertz CT molecular complexity index is 1090. The van der Waals surface area contributed by atoms with Gasteiger partial charge in [0.05, 0.1) is 5.03 Å². The summed E-state index contributed by atoms with van der Waals surface area (Å²) in [7, 11) is 0. The Hall–Kier alpha value is -3.23. The van der Waals surface area contributed by atoms with Gasteiger partial charge in [-0.15, -0.1) is 10.2 Å². The fourth-order valence-electron chi connectivity index (χ4n) is 2.40. The van der Waals surface area contributed by atoms with Gasteiger partial charge in [0, 0.05) is 6.54 Å². The average molecular weight is 430 g/mol. The van der Waals surface area contributed by atoms with Gasteiger partial charge in [-0.1, -0.05) is 58.8 Å². The molecule has 29 heavy (non-hydrogen) atoms. The van der Waals surface area contributed by atoms with Gasteiger partial charge in [-0.05, 0) is 36.3 Å². The first-order valence-corrected chi connectivity index (χ1v) is 9.64. The van der Waals surface area contributed by atoms with Gasteiger partial charge in [-0.2, -0.15) is 0 Å². The Morgan fingerprint density at radius 1 is 1.14 bits per heavy atom. The summed E-state index contributed by atoms with van der Waals surface area (Å²) >= 11 is 7.26. The maximum absolute atomic E-state index is 12.3. The van der Waals surface area contributed by atoms with Crippen LogP contribution in [0.25, 0.3) is 11.1 Å². The Labute approximate surface area is 175 Å². The summed E-state index contributed by atoms with van der Waals surface area (Å²) in [6, 6.07) is 11.9. The van der Waals surface area contributed by atoms with Crippen molar-refractivity contribution >= 4 is 45.9 Å². The number of carbonyl (C=O) groups excluding carboxylic acids is 1. The van der Waals surface area contributed by atoms with E-state index >= 15 is 0 Å². The summed E-state index contributed by atoms with van der Waals surface area (Å²) in [5.74, 6) is -1.96. The zero-order valence-corrected chi connectivity index (χ0v) is 16.8. The molecule has 2 aromatic carbocycles. The predicted molar refractivity (Wildman–Crippen MR) is 111 cm³/mol. The zero-order chi connectivity index (χ0) is 21.0. The molecule has 3 N–H and O–H groups in total. The number of hydrogen-bond acceptors (Lipinski definition) is 6. The van der Waals surface area contributed by atoms with Crippen molar-refractivity contribution < 1.29 is 19.8 Å². The largest absolute Gasteiger partial charge is 0.507 e. The second kappa shape index (κ2) is 8.85. The van der Waals surface area contributed by atoms with E-state index in [2.05, 4.69) is 15.5 Å². The van der Waals surface area contributed by atoms with Crippen LogP contribution in [0.5, 0.6) is 5.75 Å². The number of aromatic nitrogens is 2. The van der Waals surface area contributed by atoms with E-state index < -0.39 is 5.97 Å². The van der Waals surface area contributed by atoms with Gasteiger partial charge in [0.2, 0.25) is 5.01 Å². The fraction of sp³-hybridized carbons (Fsp3) is 0.100. The van der Waals surface area contributed by atoms with E-state index in [1.54, 1.807) is 0 Å². The second-order valence-electron chi connectivity index (χ2n) is 6.15. The molecule has 1 amide bonds. The SMILES string of the molecule is Cc1ccc(CNC(=O)c2nnc(C(Cl)=Cc3ccc(O)c(C(=O)O)c3)s2)cc1. The van der Waals surface area contributed by atoms with Crippen LogP contribution in [0.2, 0.25) is 0 Å². The first-order valence-electron chi connectivity index (χ1n) is 8.44. The highest BCUT2D eigenvalue weighted by Gasteiger charge is 2.15. The lowest BCUT2D eigenvalue weighted by Gasteiger charge is -2.03. The first-order chi connectivity index (χ1) is 13.8. The molecule has 3 rings (SSSR count). The normalized spacial score (nSPS) is 11.3. The maximum Gasteiger partial charge on any atom is 0.339 e. The van der Waals surface area contributed by atoms with Crippen LogP contribution in [0.4, 0.5) is 0 Å². The highest BCUT2D eigenvalue weighted by Crippen LogP contribution is 2.27. The van der Waals surface area contributed by atoms with Gasteiger partial charge in [-0.3, -0.25) is 4.79 Å². The van der Waals surface area contributed by atoms with E-state index in [1.165, 1.54) is 24.3 Å². The van der Waals surface area contributed by atoms with Gasteiger partial charge in [0.1, 0.15) is 11.3 Å². The molecule has 0 aliphatic rings. The fourth-order valence-corrected chi connectivity index (χ4v) is 3.35. The molecule has 0 atom stereocenters. The third-order valence-corrected chi connectivity index (χ3v) is 5.30. The van der Waals surface area contributed by atoms with Crippen LogP contribution in [0.15, 0.2) is 42.5 Å². The molecule has 1 aromatic heterocycles. The van der Waals surface area contributed by atoms with E-state index in [9.17, 15) is 14.7 Å². The molecule has 3 aromatic rings. The standard InChI is InChI=1S/C20H16ClN3O4S/c1-11-2-4-12(5-3-11)10-22-17(26)19-24-23-18(29-19)15(21)9-13-6-7-16(25)14(8-13)20(27)28/h2-9,25H,10H2,1H3,(H,22,26)(H,27,28). The molecule has 0 aliphatic carbocycles. The minimum absolute atomic E-state index is 0.163. The van der Waals surface area contributed by atoms with Gasteiger partial charge in [0.25, 0.3) is 5.91 Å². The highest BCUT2D eigenvalue weighted by molar-refractivity contribution is 7.15. The molecule has 0 unspecified atom stereocenters. The summed E-state index contributed by atoms with van der Waals surface area (Å²) in [4.78, 5) is 23.4. The van der Waals surface area contributed by atoms with Crippen molar-refractivity contribution in [3.63, 3.8) is 0 Å². The van der Waals surface area contributed by atoms with E-state index in [-0.39, 0.29) is 27.3 Å². The van der Waals surface area contributed by atoms with Crippen molar-refractivity contribution in [3.05, 3.63) is 74.7 Å². The van der Waals surface area contributed by atoms with Crippen molar-refractivity contribution in [1.82, 2.24) is 15.5 Å². The minimum Gasteiger partial charge on any atom is -0.507 e. The number of aryl methyl sites for hydroxylation is 1. The minimum atomic E-state index is -1.25. The monoisotopic (exact) mass is 429 g/mol. The number of nitrogens with one attached hydrogen (secondary N) is 1. The Morgan fingerprint density at radius 2 is 1.83 bits per heavy atom. The van der Waals surface area contributed by atoms with Crippen molar-refractivity contribution in [3.8, 4) is 5.75 Å². The number of carbonyl (C=O) groups is 2. The molecule has 0 radical (unpaired) electrons. The molecule has 0 saturated carbocycles. The molecule has 0 bridgehead atoms. The van der Waals surface area contributed by atoms with Crippen LogP contribution in [0, 0.1) is 6.92 Å². The molecule has 9 heteroatoms. The molecule has 0 saturated heterocycles. The second-order valence-corrected chi connectivity index (χ2v) is 7.54. The Balaban J connectivity index is 1.70. The third-order valence-electron chi connectivity index (χ3n) is 3.94. The topological polar surface area (TPSA) is 112 Å². The molecule has 0 fully saturated rings. The van der Waals surface area contributed by atoms with Crippen LogP contribution in [0.1, 0.15) is 41.9 Å². The molecule has 1 heterocycles. The van der Waals surface area contributed by atoms with Crippen molar-refractivity contribution in [2.45, 2.75) is 13.5 Å². The quantitative estimate of drug-likeness (QED) is 0.547. The number of rotatable bonds is 6. The number of aromatic carboxylic acids is 1. The first kappa shape index (κ1) is 20.5. The predicted octanol–water partition coefficient (Wildman–Crippen LogP) is 3.92. The van der Waals surface area contributed by atoms with Crippen molar-refractivity contribution in [2.24, 2.45) is 0 Å². The molecule has 0 aliphatic heterocycles. The molecule has 0 spiro atoms. The smallest absolute Gasteiger partial charge is 0.339 e. The lowest BCUT2D eigenvalue weighted by atomic mass is 10.1. The highest BCUT2D eigenvalue weighted by atomic mass is 35.5. The number of aromatic hydroxyl groups is 1. The van der Waals surface area contributed by atoms with Crippen LogP contribution in [-0.2, 0) is 6.54 Å². The number of hydrogen-bond donors (Lipinski definition) is 3. The third kappa shape index (κ3) is 5.18. The molecular weight excluding hydrogens is 414 g/mol. The number of halogens is 1. The summed E-state index contributed by atoms with van der Waals surface area (Å²) < 4.78 is 0. The van der Waals surface area contributed by atoms with Crippen LogP contribution < -0.4 is 5.32 Å². The zero-order valence-electron chi connectivity index (χ0n) is 15.2. The average Bonchev–Trinajstić information content (AvgIpc) is 3.19. The Kier molecular flexibility index (Phi) is 6.26. The lowest BCUT2D eigenvalue weighted by molar-refractivity contribution is 0.0693. The summed E-state index contributed by atoms with van der Waals surface area (Å²) in [5.41, 5.74) is 2.33. The summed E-state index contributed by atoms with van der Waals surface area (Å²) in [6.45, 7) is 2.35. The summed E-state index contributed by atoms with van der Waals surface area (Å²) in [6.07, 6.45) is 1.49. The number of carboxylic acids is 1. The van der Waals surface area contributed by atoms with Crippen molar-refractivity contribution in [1.29, 1.82) is 0 Å². The molecule has 148 valence electrons. The summed E-state index contributed by atoms with van der Waals surface area (Å²) in [5, 5.41) is 29.9. The number of nitrogens with zero attached hydrogens (tertiary/aromatic N) is 2. The van der Waals surface area contributed by atoms with E-state index in [1.807, 2.05) is 31.2 Å². The van der Waals surface area contributed by atoms with Gasteiger partial charge < -0.3 is 15.5 Å². The molecular formula is C20H16ClN3O4S. The van der Waals surface area contributed by atoms with E-state index in [0.29, 0.717) is 17.1 Å². The maximum atomic E-state index is 12.3. The van der Waals surface area contributed by atoms with Crippen LogP contribution in [-0.4, -0.2) is 32.3 Å². The van der Waals surface area contributed by atoms with Crippen LogP contribution in [0.3, 0.4) is 0 Å². The van der Waals surface area contributed by atoms with Gasteiger partial charge >= 0.3 is 5.97 Å². The van der Waals surface area contributed by atoms with E-state index in [4.69, 9.17) is 16.7 Å². The van der Waals surface area contributed by atoms with E-state index in [0.717, 1.165) is 22.5 Å². The molecule has 7 nitrogen and oxygen atoms in total. The van der Waals surface area contributed by atoms with Crippen molar-refractivity contribution in [2.75, 3.05) is 0 Å². The van der Waals surface area contributed by atoms with Crippen LogP contribution >= 0.6 is 22.9 Å². The number of amides is 1. The number of benzene rings is 2. The number of phenols is 1. The number of carboxylic acid groups (broad SMARTS) is 1. The lowest BCUT2D eigenvalue weighted by Crippen LogP contribution is -2.22. The Morgan fingerprint density at radius 3 is 2.52 bits per heavy atom. The van der Waals surface area contributed by atoms with Gasteiger partial charge in [0.15, 0.2) is 5.01 Å². The van der Waals surface area contributed by atoms with Gasteiger partial charge in [-0.25, -0.2) is 4.79 Å².